The molecule has 0 saturated heterocycles. The summed E-state index contributed by atoms with van der Waals surface area (Å²) in [6, 6.07) is 35.1. The van der Waals surface area contributed by atoms with Gasteiger partial charge in [-0.05, 0) is 87.0 Å². The van der Waals surface area contributed by atoms with E-state index in [1.165, 1.54) is 44.5 Å². The molecule has 0 radical (unpaired) electrons. The molecule has 2 aliphatic carbocycles. The van der Waals surface area contributed by atoms with Gasteiger partial charge in [0.25, 0.3) is 0 Å². The monoisotopic (exact) mass is 588 g/mol. The Bertz CT molecular complexity index is 1870. The highest BCUT2D eigenvalue weighted by Crippen LogP contribution is 2.59. The molecule has 170 valence electrons. The zero-order valence-electron chi connectivity index (χ0n) is 19.1. The van der Waals surface area contributed by atoms with Crippen molar-refractivity contribution in [3.05, 3.63) is 139 Å². The molecule has 5 aromatic carbocycles. The standard InChI is InChI=1S/C33H18Br2O/c34-21-13-11-19-9-10-20-12-14-22(35)16-29(20)33(28(19)15-21)27-7-3-1-5-23(27)25-17-26-24-6-2-4-8-31(24)36-32(26)18-30(25)33/h1-18H. The number of hydrogen-bond donors (Lipinski definition) is 0. The van der Waals surface area contributed by atoms with Gasteiger partial charge in [0.2, 0.25) is 0 Å². The molecule has 3 heteroatoms. The number of rotatable bonds is 0. The Balaban J connectivity index is 1.62. The molecule has 0 saturated carbocycles. The number of furan rings is 1. The fraction of sp³-hybridized carbons (Fsp3) is 0.0303. The van der Waals surface area contributed by atoms with Crippen LogP contribution >= 0.6 is 31.9 Å². The van der Waals surface area contributed by atoms with Crippen LogP contribution in [0.3, 0.4) is 0 Å². The maximum absolute atomic E-state index is 6.43. The molecule has 0 fully saturated rings. The average molecular weight is 590 g/mol. The number of para-hydroxylation sites is 1. The van der Waals surface area contributed by atoms with Crippen LogP contribution in [0.2, 0.25) is 0 Å². The summed E-state index contributed by atoms with van der Waals surface area (Å²) in [4.78, 5) is 0. The van der Waals surface area contributed by atoms with Crippen molar-refractivity contribution < 1.29 is 4.42 Å². The average Bonchev–Trinajstić information content (AvgIpc) is 3.35. The normalized spacial score (nSPS) is 14.5. The van der Waals surface area contributed by atoms with E-state index >= 15 is 0 Å². The van der Waals surface area contributed by atoms with Gasteiger partial charge in [-0.2, -0.15) is 0 Å². The van der Waals surface area contributed by atoms with Crippen molar-refractivity contribution in [1.82, 2.24) is 0 Å². The first-order valence-electron chi connectivity index (χ1n) is 12.0. The van der Waals surface area contributed by atoms with Crippen LogP contribution in [0.5, 0.6) is 0 Å². The lowest BCUT2D eigenvalue weighted by molar-refractivity contribution is 0.666. The minimum atomic E-state index is -0.485. The van der Waals surface area contributed by atoms with E-state index in [9.17, 15) is 0 Å². The van der Waals surface area contributed by atoms with Gasteiger partial charge in [0.15, 0.2) is 0 Å². The minimum Gasteiger partial charge on any atom is -0.456 e. The van der Waals surface area contributed by atoms with Crippen LogP contribution in [0.25, 0.3) is 45.2 Å². The molecule has 0 atom stereocenters. The van der Waals surface area contributed by atoms with Crippen LogP contribution in [0, 0.1) is 0 Å². The molecule has 6 aromatic rings. The Morgan fingerprint density at radius 1 is 0.500 bits per heavy atom. The largest absolute Gasteiger partial charge is 0.456 e. The van der Waals surface area contributed by atoms with Gasteiger partial charge in [-0.1, -0.05) is 98.6 Å². The Hall–Kier alpha value is -3.40. The molecule has 0 N–H and O–H groups in total. The first-order chi connectivity index (χ1) is 17.6. The van der Waals surface area contributed by atoms with Gasteiger partial charge in [-0.15, -0.1) is 0 Å². The highest BCUT2D eigenvalue weighted by atomic mass is 79.9. The van der Waals surface area contributed by atoms with Gasteiger partial charge < -0.3 is 4.42 Å². The number of fused-ring (bicyclic) bond motifs is 12. The summed E-state index contributed by atoms with van der Waals surface area (Å²) in [5.41, 5.74) is 11.5. The highest BCUT2D eigenvalue weighted by Gasteiger charge is 2.49. The molecule has 2 aliphatic rings. The lowest BCUT2D eigenvalue weighted by Crippen LogP contribution is -2.30. The molecule has 1 nitrogen and oxygen atoms in total. The zero-order valence-corrected chi connectivity index (χ0v) is 22.2. The van der Waals surface area contributed by atoms with E-state index in [-0.39, 0.29) is 0 Å². The first kappa shape index (κ1) is 20.8. The van der Waals surface area contributed by atoms with Crippen LogP contribution in [0.1, 0.15) is 33.4 Å². The second-order valence-corrected chi connectivity index (χ2v) is 11.4. The smallest absolute Gasteiger partial charge is 0.135 e. The Morgan fingerprint density at radius 2 is 1.17 bits per heavy atom. The van der Waals surface area contributed by atoms with Crippen molar-refractivity contribution in [2.24, 2.45) is 0 Å². The van der Waals surface area contributed by atoms with E-state index in [0.29, 0.717) is 0 Å². The molecule has 1 aromatic heterocycles. The summed E-state index contributed by atoms with van der Waals surface area (Å²) >= 11 is 7.58. The summed E-state index contributed by atoms with van der Waals surface area (Å²) in [6.45, 7) is 0. The minimum absolute atomic E-state index is 0.485. The molecule has 36 heavy (non-hydrogen) atoms. The second kappa shape index (κ2) is 7.32. The topological polar surface area (TPSA) is 13.1 Å². The predicted octanol–water partition coefficient (Wildman–Crippen LogP) is 9.96. The summed E-state index contributed by atoms with van der Waals surface area (Å²) in [6.07, 6.45) is 4.51. The molecular formula is C33H18Br2O. The van der Waals surface area contributed by atoms with Crippen LogP contribution in [0.15, 0.2) is 110 Å². The van der Waals surface area contributed by atoms with E-state index in [0.717, 1.165) is 30.9 Å². The summed E-state index contributed by atoms with van der Waals surface area (Å²) in [5.74, 6) is 0. The Kier molecular flexibility index (Phi) is 4.22. The molecular weight excluding hydrogens is 572 g/mol. The fourth-order valence-electron chi connectivity index (χ4n) is 6.40. The molecule has 0 bridgehead atoms. The molecule has 0 amide bonds. The molecule has 1 heterocycles. The van der Waals surface area contributed by atoms with Gasteiger partial charge in [-0.3, -0.25) is 0 Å². The van der Waals surface area contributed by atoms with Crippen LogP contribution in [0.4, 0.5) is 0 Å². The number of halogens is 2. The molecule has 8 rings (SSSR count). The van der Waals surface area contributed by atoms with Gasteiger partial charge in [0, 0.05) is 19.7 Å². The third-order valence-corrected chi connectivity index (χ3v) is 8.81. The predicted molar refractivity (Wildman–Crippen MR) is 155 cm³/mol. The van der Waals surface area contributed by atoms with Crippen molar-refractivity contribution in [2.45, 2.75) is 5.41 Å². The van der Waals surface area contributed by atoms with Crippen LogP contribution in [-0.2, 0) is 5.41 Å². The van der Waals surface area contributed by atoms with Gasteiger partial charge >= 0.3 is 0 Å². The number of benzene rings is 5. The van der Waals surface area contributed by atoms with Gasteiger partial charge in [0.1, 0.15) is 11.2 Å². The highest BCUT2D eigenvalue weighted by molar-refractivity contribution is 9.10. The third-order valence-electron chi connectivity index (χ3n) is 7.82. The Morgan fingerprint density at radius 3 is 1.92 bits per heavy atom. The SMILES string of the molecule is Brc1ccc2c(c1)C1(c3cc(Br)ccc3C=C2)c2ccccc2-c2cc3c(cc21)oc1ccccc13. The Labute approximate surface area is 225 Å². The first-order valence-corrected chi connectivity index (χ1v) is 13.6. The summed E-state index contributed by atoms with van der Waals surface area (Å²) in [7, 11) is 0. The lowest BCUT2D eigenvalue weighted by atomic mass is 9.66. The lowest BCUT2D eigenvalue weighted by Gasteiger charge is -2.35. The van der Waals surface area contributed by atoms with Crippen LogP contribution in [-0.4, -0.2) is 0 Å². The maximum Gasteiger partial charge on any atom is 0.135 e. The van der Waals surface area contributed by atoms with Crippen LogP contribution < -0.4 is 0 Å². The molecule has 0 unspecified atom stereocenters. The summed E-state index contributed by atoms with van der Waals surface area (Å²) < 4.78 is 8.58. The molecule has 1 spiro atoms. The van der Waals surface area contributed by atoms with E-state index in [2.05, 4.69) is 135 Å². The van der Waals surface area contributed by atoms with E-state index in [1.807, 2.05) is 6.07 Å². The van der Waals surface area contributed by atoms with Crippen molar-refractivity contribution in [1.29, 1.82) is 0 Å². The fourth-order valence-corrected chi connectivity index (χ4v) is 7.12. The van der Waals surface area contributed by atoms with Crippen molar-refractivity contribution in [3.8, 4) is 11.1 Å². The van der Waals surface area contributed by atoms with Gasteiger partial charge in [0.05, 0.1) is 5.41 Å². The van der Waals surface area contributed by atoms with E-state index in [4.69, 9.17) is 4.42 Å². The number of hydrogen-bond acceptors (Lipinski definition) is 1. The van der Waals surface area contributed by atoms with E-state index < -0.39 is 5.41 Å². The quantitative estimate of drug-likeness (QED) is 0.171. The van der Waals surface area contributed by atoms with Crippen molar-refractivity contribution >= 4 is 66.0 Å². The second-order valence-electron chi connectivity index (χ2n) is 9.58. The third kappa shape index (κ3) is 2.60. The zero-order chi connectivity index (χ0) is 24.0. The van der Waals surface area contributed by atoms with Gasteiger partial charge in [-0.25, -0.2) is 0 Å². The van der Waals surface area contributed by atoms with Crippen molar-refractivity contribution in [3.63, 3.8) is 0 Å². The summed E-state index contributed by atoms with van der Waals surface area (Å²) in [5, 5.41) is 2.31. The van der Waals surface area contributed by atoms with Crippen molar-refractivity contribution in [2.75, 3.05) is 0 Å². The maximum atomic E-state index is 6.43. The van der Waals surface area contributed by atoms with E-state index in [1.54, 1.807) is 0 Å². The molecule has 0 aliphatic heterocycles.